The molecule has 0 saturated heterocycles. The Bertz CT molecular complexity index is 146. The van der Waals surface area contributed by atoms with Gasteiger partial charge < -0.3 is 15.4 Å². The van der Waals surface area contributed by atoms with E-state index in [1.54, 1.807) is 0 Å². The van der Waals surface area contributed by atoms with Crippen LogP contribution in [0.25, 0.3) is 0 Å². The first-order valence-electron chi connectivity index (χ1n) is 4.73. The van der Waals surface area contributed by atoms with Crippen molar-refractivity contribution in [3.8, 4) is 0 Å². The predicted octanol–water partition coefficient (Wildman–Crippen LogP) is 0.858. The third-order valence-electron chi connectivity index (χ3n) is 1.71. The summed E-state index contributed by atoms with van der Waals surface area (Å²) in [5.41, 5.74) is 6.50. The topological polar surface area (TPSA) is 38.5 Å². The quantitative estimate of drug-likeness (QED) is 0.599. The van der Waals surface area contributed by atoms with Crippen LogP contribution in [-0.4, -0.2) is 44.3 Å². The molecule has 0 bridgehead atoms. The molecular weight excluding hydrogens is 164 g/mol. The molecule has 0 heterocycles. The number of hydrogen-bond donors (Lipinski definition) is 1. The van der Waals surface area contributed by atoms with E-state index in [4.69, 9.17) is 10.5 Å². The lowest BCUT2D eigenvalue weighted by Crippen LogP contribution is -2.27. The van der Waals surface area contributed by atoms with Gasteiger partial charge in [-0.2, -0.15) is 0 Å². The minimum atomic E-state index is 0.311. The van der Waals surface area contributed by atoms with Crippen LogP contribution in [0.15, 0.2) is 12.2 Å². The molecule has 0 aliphatic heterocycles. The van der Waals surface area contributed by atoms with Crippen molar-refractivity contribution < 1.29 is 4.74 Å². The second-order valence-electron chi connectivity index (χ2n) is 3.61. The van der Waals surface area contributed by atoms with Gasteiger partial charge in [0.25, 0.3) is 0 Å². The second-order valence-corrected chi connectivity index (χ2v) is 3.61. The van der Waals surface area contributed by atoms with E-state index < -0.39 is 0 Å². The number of rotatable bonds is 7. The SMILES string of the molecule is C=C(CN)CN(C)CCOC(C)C. The summed E-state index contributed by atoms with van der Waals surface area (Å²) < 4.78 is 5.43. The highest BCUT2D eigenvalue weighted by Crippen LogP contribution is 1.93. The van der Waals surface area contributed by atoms with Gasteiger partial charge in [-0.05, 0) is 26.5 Å². The highest BCUT2D eigenvalue weighted by atomic mass is 16.5. The van der Waals surface area contributed by atoms with Crippen molar-refractivity contribution in [2.45, 2.75) is 20.0 Å². The van der Waals surface area contributed by atoms with Gasteiger partial charge in [0.2, 0.25) is 0 Å². The number of ether oxygens (including phenoxy) is 1. The molecule has 0 aromatic heterocycles. The monoisotopic (exact) mass is 186 g/mol. The van der Waals surface area contributed by atoms with Gasteiger partial charge in [-0.15, -0.1) is 0 Å². The fraction of sp³-hybridized carbons (Fsp3) is 0.800. The Labute approximate surface area is 81.5 Å². The van der Waals surface area contributed by atoms with Crippen molar-refractivity contribution in [1.29, 1.82) is 0 Å². The average Bonchev–Trinajstić information content (AvgIpc) is 2.03. The summed E-state index contributed by atoms with van der Waals surface area (Å²) in [5.74, 6) is 0. The van der Waals surface area contributed by atoms with Crippen molar-refractivity contribution >= 4 is 0 Å². The fourth-order valence-electron chi connectivity index (χ4n) is 0.970. The summed E-state index contributed by atoms with van der Waals surface area (Å²) in [6.45, 7) is 11.1. The summed E-state index contributed by atoms with van der Waals surface area (Å²) in [5, 5.41) is 0. The minimum absolute atomic E-state index is 0.311. The molecule has 3 heteroatoms. The van der Waals surface area contributed by atoms with Crippen LogP contribution in [0.3, 0.4) is 0 Å². The Morgan fingerprint density at radius 3 is 2.62 bits per heavy atom. The first-order valence-corrected chi connectivity index (χ1v) is 4.73. The highest BCUT2D eigenvalue weighted by Gasteiger charge is 2.00. The van der Waals surface area contributed by atoms with Gasteiger partial charge >= 0.3 is 0 Å². The van der Waals surface area contributed by atoms with Crippen LogP contribution in [0.5, 0.6) is 0 Å². The van der Waals surface area contributed by atoms with E-state index >= 15 is 0 Å². The molecule has 0 spiro atoms. The standard InChI is InChI=1S/C10H22N2O/c1-9(2)13-6-5-12(4)8-10(3)7-11/h9H,3,5-8,11H2,1-2,4H3. The number of likely N-dealkylation sites (N-methyl/N-ethyl adjacent to an activating group) is 1. The maximum atomic E-state index is 5.44. The zero-order valence-electron chi connectivity index (χ0n) is 9.05. The van der Waals surface area contributed by atoms with E-state index in [0.29, 0.717) is 12.6 Å². The Kier molecular flexibility index (Phi) is 6.86. The van der Waals surface area contributed by atoms with Crippen molar-refractivity contribution in [3.63, 3.8) is 0 Å². The number of hydrogen-bond acceptors (Lipinski definition) is 3. The first kappa shape index (κ1) is 12.6. The van der Waals surface area contributed by atoms with Gasteiger partial charge in [0.05, 0.1) is 12.7 Å². The molecule has 0 aromatic carbocycles. The molecule has 0 radical (unpaired) electrons. The molecule has 0 atom stereocenters. The normalized spacial score (nSPS) is 11.2. The Morgan fingerprint density at radius 1 is 1.54 bits per heavy atom. The van der Waals surface area contributed by atoms with Crippen LogP contribution >= 0.6 is 0 Å². The smallest absolute Gasteiger partial charge is 0.0596 e. The lowest BCUT2D eigenvalue weighted by molar-refractivity contribution is 0.0653. The van der Waals surface area contributed by atoms with Gasteiger partial charge in [-0.3, -0.25) is 0 Å². The maximum absolute atomic E-state index is 5.44. The first-order chi connectivity index (χ1) is 6.06. The zero-order valence-corrected chi connectivity index (χ0v) is 9.05. The van der Waals surface area contributed by atoms with Crippen molar-refractivity contribution in [1.82, 2.24) is 4.90 Å². The van der Waals surface area contributed by atoms with Crippen LogP contribution in [0.2, 0.25) is 0 Å². The van der Waals surface area contributed by atoms with Gasteiger partial charge in [0.1, 0.15) is 0 Å². The lowest BCUT2D eigenvalue weighted by Gasteiger charge is -2.18. The molecule has 2 N–H and O–H groups in total. The molecule has 0 fully saturated rings. The predicted molar refractivity (Wildman–Crippen MR) is 56.8 cm³/mol. The molecule has 0 saturated carbocycles. The van der Waals surface area contributed by atoms with Crippen molar-refractivity contribution in [2.75, 3.05) is 33.3 Å². The third kappa shape index (κ3) is 7.96. The molecule has 3 nitrogen and oxygen atoms in total. The molecule has 0 aliphatic rings. The fourth-order valence-corrected chi connectivity index (χ4v) is 0.970. The average molecular weight is 186 g/mol. The third-order valence-corrected chi connectivity index (χ3v) is 1.71. The zero-order chi connectivity index (χ0) is 10.3. The molecular formula is C10H22N2O. The molecule has 0 aliphatic carbocycles. The maximum Gasteiger partial charge on any atom is 0.0596 e. The highest BCUT2D eigenvalue weighted by molar-refractivity contribution is 4.97. The molecule has 0 rings (SSSR count). The Balaban J connectivity index is 3.40. The van der Waals surface area contributed by atoms with E-state index in [0.717, 1.165) is 25.3 Å². The van der Waals surface area contributed by atoms with Crippen LogP contribution in [0, 0.1) is 0 Å². The van der Waals surface area contributed by atoms with Crippen LogP contribution < -0.4 is 5.73 Å². The van der Waals surface area contributed by atoms with E-state index in [2.05, 4.69) is 11.5 Å². The molecule has 13 heavy (non-hydrogen) atoms. The number of nitrogens with two attached hydrogens (primary N) is 1. The van der Waals surface area contributed by atoms with Crippen molar-refractivity contribution in [2.24, 2.45) is 5.73 Å². The van der Waals surface area contributed by atoms with E-state index in [1.165, 1.54) is 0 Å². The summed E-state index contributed by atoms with van der Waals surface area (Å²) in [6, 6.07) is 0. The molecule has 0 aromatic rings. The van der Waals surface area contributed by atoms with Crippen LogP contribution in [-0.2, 0) is 4.74 Å². The van der Waals surface area contributed by atoms with Crippen LogP contribution in [0.1, 0.15) is 13.8 Å². The van der Waals surface area contributed by atoms with Crippen molar-refractivity contribution in [3.05, 3.63) is 12.2 Å². The molecule has 0 unspecified atom stereocenters. The van der Waals surface area contributed by atoms with E-state index in [-0.39, 0.29) is 0 Å². The summed E-state index contributed by atoms with van der Waals surface area (Å²) in [4.78, 5) is 2.16. The van der Waals surface area contributed by atoms with E-state index in [9.17, 15) is 0 Å². The minimum Gasteiger partial charge on any atom is -0.377 e. The largest absolute Gasteiger partial charge is 0.377 e. The molecule has 78 valence electrons. The Morgan fingerprint density at radius 2 is 2.15 bits per heavy atom. The summed E-state index contributed by atoms with van der Waals surface area (Å²) in [7, 11) is 2.05. The number of nitrogens with zero attached hydrogens (tertiary/aromatic N) is 1. The van der Waals surface area contributed by atoms with E-state index in [1.807, 2.05) is 20.9 Å². The Hall–Kier alpha value is -0.380. The lowest BCUT2D eigenvalue weighted by atomic mass is 10.3. The summed E-state index contributed by atoms with van der Waals surface area (Å²) in [6.07, 6.45) is 0.311. The molecule has 0 amide bonds. The van der Waals surface area contributed by atoms with Gasteiger partial charge in [0.15, 0.2) is 0 Å². The van der Waals surface area contributed by atoms with Gasteiger partial charge in [-0.1, -0.05) is 6.58 Å². The van der Waals surface area contributed by atoms with Gasteiger partial charge in [0, 0.05) is 19.6 Å². The van der Waals surface area contributed by atoms with Gasteiger partial charge in [-0.25, -0.2) is 0 Å². The van der Waals surface area contributed by atoms with Crippen LogP contribution in [0.4, 0.5) is 0 Å². The summed E-state index contributed by atoms with van der Waals surface area (Å²) >= 11 is 0. The second kappa shape index (κ2) is 7.06.